The average Bonchev–Trinajstić information content (AvgIpc) is 3.01. The van der Waals surface area contributed by atoms with Gasteiger partial charge >= 0.3 is 0 Å². The van der Waals surface area contributed by atoms with Gasteiger partial charge in [0.05, 0.1) is 6.54 Å². The zero-order valence-electron chi connectivity index (χ0n) is 11.7. The molecule has 0 bridgehead atoms. The first-order valence-electron chi connectivity index (χ1n) is 7.30. The highest BCUT2D eigenvalue weighted by Gasteiger charge is 2.39. The summed E-state index contributed by atoms with van der Waals surface area (Å²) in [5.41, 5.74) is 2.55. The highest BCUT2D eigenvalue weighted by Crippen LogP contribution is 2.40. The number of hydrogen-bond acceptors (Lipinski definition) is 2. The van der Waals surface area contributed by atoms with Crippen molar-refractivity contribution in [2.45, 2.75) is 32.9 Å². The maximum Gasteiger partial charge on any atom is 0.238 e. The van der Waals surface area contributed by atoms with Gasteiger partial charge in [-0.05, 0) is 35.8 Å². The summed E-state index contributed by atoms with van der Waals surface area (Å²) < 4.78 is 0. The van der Waals surface area contributed by atoms with Crippen molar-refractivity contribution in [3.63, 3.8) is 0 Å². The van der Waals surface area contributed by atoms with Crippen LogP contribution in [-0.2, 0) is 11.2 Å². The minimum absolute atomic E-state index is 0.0752. The highest BCUT2D eigenvalue weighted by atomic mass is 16.2. The monoisotopic (exact) mass is 258 g/mol. The van der Waals surface area contributed by atoms with Crippen LogP contribution in [0.2, 0.25) is 0 Å². The van der Waals surface area contributed by atoms with E-state index in [4.69, 9.17) is 0 Å². The van der Waals surface area contributed by atoms with Crippen LogP contribution < -0.4 is 5.32 Å². The molecule has 1 aliphatic heterocycles. The van der Waals surface area contributed by atoms with Gasteiger partial charge in [-0.25, -0.2) is 0 Å². The lowest BCUT2D eigenvalue weighted by molar-refractivity contribution is -0.128. The Bertz CT molecular complexity index is 468. The van der Waals surface area contributed by atoms with E-state index >= 15 is 0 Å². The second-order valence-electron chi connectivity index (χ2n) is 5.90. The molecule has 3 rings (SSSR count). The van der Waals surface area contributed by atoms with Crippen molar-refractivity contribution in [1.29, 1.82) is 0 Å². The number of nitrogens with zero attached hydrogens (tertiary/aromatic N) is 1. The predicted molar refractivity (Wildman–Crippen MR) is 75.5 cm³/mol. The van der Waals surface area contributed by atoms with Crippen LogP contribution in [0.15, 0.2) is 24.3 Å². The van der Waals surface area contributed by atoms with Crippen LogP contribution >= 0.6 is 0 Å². The Morgan fingerprint density at radius 1 is 1.32 bits per heavy atom. The van der Waals surface area contributed by atoms with E-state index in [1.807, 2.05) is 4.90 Å². The number of carbonyl (C=O) groups excluding carboxylic acids is 1. The maximum absolute atomic E-state index is 12.0. The first-order chi connectivity index (χ1) is 9.19. The summed E-state index contributed by atoms with van der Waals surface area (Å²) in [5.74, 6) is 1.74. The lowest BCUT2D eigenvalue weighted by atomic mass is 10.1. The van der Waals surface area contributed by atoms with Crippen LogP contribution in [0, 0.1) is 11.8 Å². The van der Waals surface area contributed by atoms with Gasteiger partial charge in [-0.15, -0.1) is 0 Å². The van der Waals surface area contributed by atoms with E-state index in [-0.39, 0.29) is 12.1 Å². The van der Waals surface area contributed by atoms with E-state index in [2.05, 4.69) is 43.4 Å². The Hall–Kier alpha value is -1.35. The lowest BCUT2D eigenvalue weighted by Gasteiger charge is -2.25. The van der Waals surface area contributed by atoms with E-state index in [9.17, 15) is 4.79 Å². The molecule has 3 heteroatoms. The van der Waals surface area contributed by atoms with Gasteiger partial charge in [-0.2, -0.15) is 0 Å². The lowest BCUT2D eigenvalue weighted by Crippen LogP contribution is -2.32. The first kappa shape index (κ1) is 12.7. The Morgan fingerprint density at radius 2 is 2.00 bits per heavy atom. The fourth-order valence-corrected chi connectivity index (χ4v) is 2.89. The van der Waals surface area contributed by atoms with Crippen molar-refractivity contribution >= 4 is 5.91 Å². The van der Waals surface area contributed by atoms with E-state index in [1.165, 1.54) is 17.5 Å². The summed E-state index contributed by atoms with van der Waals surface area (Å²) in [7, 11) is 0. The fourth-order valence-electron chi connectivity index (χ4n) is 2.89. The van der Waals surface area contributed by atoms with Crippen molar-refractivity contribution in [3.8, 4) is 0 Å². The molecular formula is C16H22N2O. The summed E-state index contributed by atoms with van der Waals surface area (Å²) in [4.78, 5) is 14.0. The van der Waals surface area contributed by atoms with E-state index in [0.717, 1.165) is 18.9 Å². The van der Waals surface area contributed by atoms with Crippen molar-refractivity contribution in [2.24, 2.45) is 11.8 Å². The van der Waals surface area contributed by atoms with Gasteiger partial charge in [0.1, 0.15) is 6.17 Å². The summed E-state index contributed by atoms with van der Waals surface area (Å²) >= 11 is 0. The third-order valence-corrected chi connectivity index (χ3v) is 4.49. The Balaban J connectivity index is 1.75. The molecule has 1 aliphatic carbocycles. The maximum atomic E-state index is 12.0. The van der Waals surface area contributed by atoms with E-state index in [1.54, 1.807) is 0 Å². The van der Waals surface area contributed by atoms with Crippen LogP contribution in [0.25, 0.3) is 0 Å². The predicted octanol–water partition coefficient (Wildman–Crippen LogP) is 2.34. The molecule has 1 amide bonds. The molecule has 0 aromatic heterocycles. The molecule has 19 heavy (non-hydrogen) atoms. The number of benzene rings is 1. The van der Waals surface area contributed by atoms with Gasteiger partial charge in [-0.3, -0.25) is 10.1 Å². The molecule has 1 N–H and O–H groups in total. The molecule has 102 valence electrons. The number of nitrogens with one attached hydrogen (secondary N) is 1. The second kappa shape index (κ2) is 4.97. The molecule has 1 aromatic rings. The Labute approximate surface area is 115 Å². The normalized spacial score (nSPS) is 29.9. The first-order valence-corrected chi connectivity index (χ1v) is 7.30. The summed E-state index contributed by atoms with van der Waals surface area (Å²) in [5, 5.41) is 3.33. The summed E-state index contributed by atoms with van der Waals surface area (Å²) in [6.45, 7) is 5.81. The van der Waals surface area contributed by atoms with Crippen molar-refractivity contribution in [1.82, 2.24) is 10.2 Å². The van der Waals surface area contributed by atoms with Crippen LogP contribution in [0.4, 0.5) is 0 Å². The average molecular weight is 258 g/mol. The molecule has 3 atom stereocenters. The standard InChI is InChI=1S/C16H22N2O/c1-3-12-4-6-13(7-5-12)16-17-9-15(19)18(16)10-14-8-11(14)2/h4-7,11,14,16-17H,3,8-10H2,1-2H3. The molecular weight excluding hydrogens is 236 g/mol. The fraction of sp³-hybridized carbons (Fsp3) is 0.562. The third kappa shape index (κ3) is 2.52. The zero-order valence-corrected chi connectivity index (χ0v) is 11.7. The van der Waals surface area contributed by atoms with Gasteiger partial charge in [0.15, 0.2) is 0 Å². The molecule has 2 aliphatic rings. The number of hydrogen-bond donors (Lipinski definition) is 1. The number of aryl methyl sites for hydroxylation is 1. The number of carbonyl (C=O) groups is 1. The Morgan fingerprint density at radius 3 is 2.58 bits per heavy atom. The van der Waals surface area contributed by atoms with Gasteiger partial charge in [0.25, 0.3) is 0 Å². The summed E-state index contributed by atoms with van der Waals surface area (Å²) in [6, 6.07) is 8.63. The molecule has 1 heterocycles. The minimum atomic E-state index is 0.0752. The van der Waals surface area contributed by atoms with Crippen LogP contribution in [0.3, 0.4) is 0 Å². The molecule has 1 saturated carbocycles. The SMILES string of the molecule is CCc1ccc(C2NCC(=O)N2CC2CC2C)cc1. The third-order valence-electron chi connectivity index (χ3n) is 4.49. The number of amides is 1. The minimum Gasteiger partial charge on any atom is -0.322 e. The molecule has 1 saturated heterocycles. The molecule has 1 aromatic carbocycles. The zero-order chi connectivity index (χ0) is 13.4. The van der Waals surface area contributed by atoms with Gasteiger partial charge in [0.2, 0.25) is 5.91 Å². The van der Waals surface area contributed by atoms with E-state index < -0.39 is 0 Å². The molecule has 3 nitrogen and oxygen atoms in total. The van der Waals surface area contributed by atoms with Crippen LogP contribution in [-0.4, -0.2) is 23.9 Å². The van der Waals surface area contributed by atoms with Gasteiger partial charge in [0, 0.05) is 6.54 Å². The largest absolute Gasteiger partial charge is 0.322 e. The molecule has 0 radical (unpaired) electrons. The van der Waals surface area contributed by atoms with Crippen molar-refractivity contribution < 1.29 is 4.79 Å². The molecule has 3 unspecified atom stereocenters. The molecule has 0 spiro atoms. The highest BCUT2D eigenvalue weighted by molar-refractivity contribution is 5.81. The van der Waals surface area contributed by atoms with Crippen molar-refractivity contribution in [3.05, 3.63) is 35.4 Å². The smallest absolute Gasteiger partial charge is 0.238 e. The van der Waals surface area contributed by atoms with E-state index in [0.29, 0.717) is 12.5 Å². The topological polar surface area (TPSA) is 32.3 Å². The molecule has 2 fully saturated rings. The van der Waals surface area contributed by atoms with Crippen molar-refractivity contribution in [2.75, 3.05) is 13.1 Å². The van der Waals surface area contributed by atoms with Gasteiger partial charge < -0.3 is 4.90 Å². The van der Waals surface area contributed by atoms with Gasteiger partial charge in [-0.1, -0.05) is 38.1 Å². The Kier molecular flexibility index (Phi) is 3.31. The quantitative estimate of drug-likeness (QED) is 0.899. The van der Waals surface area contributed by atoms with Crippen LogP contribution in [0.1, 0.15) is 37.6 Å². The number of rotatable bonds is 4. The second-order valence-corrected chi connectivity index (χ2v) is 5.90. The summed E-state index contributed by atoms with van der Waals surface area (Å²) in [6.07, 6.45) is 2.40. The van der Waals surface area contributed by atoms with Crippen LogP contribution in [0.5, 0.6) is 0 Å².